The molecule has 0 aliphatic heterocycles. The highest BCUT2D eigenvalue weighted by Gasteiger charge is 2.17. The van der Waals surface area contributed by atoms with Crippen LogP contribution in [-0.2, 0) is 0 Å². The maximum absolute atomic E-state index is 11.0. The molecule has 118 valence electrons. The lowest BCUT2D eigenvalue weighted by atomic mass is 10.0. The minimum absolute atomic E-state index is 0.0732. The van der Waals surface area contributed by atoms with Crippen LogP contribution in [0.3, 0.4) is 0 Å². The largest absolute Gasteiger partial charge is 0.488 e. The Kier molecular flexibility index (Phi) is 3.82. The fourth-order valence-corrected chi connectivity index (χ4v) is 3.21. The van der Waals surface area contributed by atoms with Gasteiger partial charge in [0.05, 0.1) is 0 Å². The summed E-state index contributed by atoms with van der Waals surface area (Å²) in [5.74, 6) is -0.198. The van der Waals surface area contributed by atoms with E-state index in [1.165, 1.54) is 11.3 Å². The van der Waals surface area contributed by atoms with Crippen LogP contribution in [0.5, 0.6) is 5.75 Å². The predicted molar refractivity (Wildman–Crippen MR) is 92.4 cm³/mol. The molecule has 0 fully saturated rings. The molecule has 0 aliphatic rings. The molecule has 0 amide bonds. The van der Waals surface area contributed by atoms with Crippen LogP contribution >= 0.6 is 11.3 Å². The number of rotatable bonds is 3. The van der Waals surface area contributed by atoms with Crippen molar-refractivity contribution in [3.63, 3.8) is 0 Å². The zero-order valence-electron chi connectivity index (χ0n) is 13.2. The van der Waals surface area contributed by atoms with Crippen molar-refractivity contribution >= 4 is 28.1 Å². The molecule has 0 atom stereocenters. The Morgan fingerprint density at radius 2 is 1.83 bits per heavy atom. The molecule has 0 spiro atoms. The van der Waals surface area contributed by atoms with Crippen LogP contribution in [0.15, 0.2) is 41.8 Å². The third kappa shape index (κ3) is 3.19. The van der Waals surface area contributed by atoms with E-state index >= 15 is 0 Å². The Hall–Kier alpha value is -2.40. The van der Waals surface area contributed by atoms with Crippen molar-refractivity contribution in [3.05, 3.63) is 47.5 Å². The average Bonchev–Trinajstić information content (AvgIpc) is 2.96. The minimum Gasteiger partial charge on any atom is -0.488 e. The average molecular weight is 327 g/mol. The van der Waals surface area contributed by atoms with Crippen LogP contribution in [-0.4, -0.2) is 21.7 Å². The second-order valence-corrected chi connectivity index (χ2v) is 7.07. The monoisotopic (exact) mass is 327 g/mol. The highest BCUT2D eigenvalue weighted by Crippen LogP contribution is 2.36. The molecule has 1 aromatic heterocycles. The van der Waals surface area contributed by atoms with Crippen LogP contribution in [0.25, 0.3) is 21.3 Å². The topological polar surface area (TPSA) is 59.4 Å². The van der Waals surface area contributed by atoms with Gasteiger partial charge in [-0.05, 0) is 38.3 Å². The van der Waals surface area contributed by atoms with Gasteiger partial charge in [0.25, 0.3) is 0 Å². The third-order valence-corrected chi connectivity index (χ3v) is 4.13. The van der Waals surface area contributed by atoms with Crippen LogP contribution in [0.2, 0.25) is 0 Å². The first-order valence-electron chi connectivity index (χ1n) is 7.25. The second-order valence-electron chi connectivity index (χ2n) is 6.21. The number of aromatic carboxylic acids is 1. The van der Waals surface area contributed by atoms with Gasteiger partial charge in [0.15, 0.2) is 5.69 Å². The maximum atomic E-state index is 11.0. The van der Waals surface area contributed by atoms with Crippen molar-refractivity contribution in [3.8, 4) is 16.3 Å². The van der Waals surface area contributed by atoms with Gasteiger partial charge in [-0.2, -0.15) is 0 Å². The molecule has 5 heteroatoms. The van der Waals surface area contributed by atoms with Gasteiger partial charge < -0.3 is 9.84 Å². The van der Waals surface area contributed by atoms with E-state index in [0.29, 0.717) is 5.01 Å². The van der Waals surface area contributed by atoms with E-state index < -0.39 is 5.97 Å². The Bertz CT molecular complexity index is 877. The van der Waals surface area contributed by atoms with E-state index in [0.717, 1.165) is 22.1 Å². The van der Waals surface area contributed by atoms with E-state index in [1.54, 1.807) is 5.38 Å². The van der Waals surface area contributed by atoms with Gasteiger partial charge in [0.1, 0.15) is 16.4 Å². The van der Waals surface area contributed by atoms with Crippen LogP contribution < -0.4 is 4.74 Å². The molecule has 0 aliphatic carbocycles. The number of benzene rings is 2. The molecule has 3 aromatic rings. The smallest absolute Gasteiger partial charge is 0.355 e. The summed E-state index contributed by atoms with van der Waals surface area (Å²) < 4.78 is 6.04. The van der Waals surface area contributed by atoms with Crippen molar-refractivity contribution in [2.45, 2.75) is 26.4 Å². The first-order chi connectivity index (χ1) is 10.8. The number of carbonyl (C=O) groups is 1. The molecule has 4 nitrogen and oxygen atoms in total. The van der Waals surface area contributed by atoms with Gasteiger partial charge in [-0.3, -0.25) is 0 Å². The van der Waals surface area contributed by atoms with Gasteiger partial charge >= 0.3 is 5.97 Å². The first-order valence-corrected chi connectivity index (χ1v) is 8.13. The molecule has 2 aromatic carbocycles. The Labute approximate surface area is 138 Å². The number of hydrogen-bond donors (Lipinski definition) is 1. The Morgan fingerprint density at radius 1 is 1.13 bits per heavy atom. The summed E-state index contributed by atoms with van der Waals surface area (Å²) in [6, 6.07) is 11.8. The van der Waals surface area contributed by atoms with Crippen LogP contribution in [0, 0.1) is 0 Å². The minimum atomic E-state index is -1.01. The summed E-state index contributed by atoms with van der Waals surface area (Å²) in [7, 11) is 0. The standard InChI is InChI=1S/C18H17NO3S/c1-18(2,3)22-15-9-8-13(11-6-4-5-7-12(11)15)16-19-14(10-23-16)17(20)21/h4-10H,1-3H3,(H,20,21). The van der Waals surface area contributed by atoms with Gasteiger partial charge in [-0.25, -0.2) is 9.78 Å². The summed E-state index contributed by atoms with van der Waals surface area (Å²) in [6.45, 7) is 6.03. The summed E-state index contributed by atoms with van der Waals surface area (Å²) in [4.78, 5) is 15.3. The lowest BCUT2D eigenvalue weighted by Gasteiger charge is -2.23. The second kappa shape index (κ2) is 5.66. The van der Waals surface area contributed by atoms with E-state index in [1.807, 2.05) is 57.2 Å². The lowest BCUT2D eigenvalue weighted by molar-refractivity contribution is 0.0691. The van der Waals surface area contributed by atoms with Gasteiger partial charge in [-0.15, -0.1) is 11.3 Å². The molecule has 0 bridgehead atoms. The lowest BCUT2D eigenvalue weighted by Crippen LogP contribution is -2.23. The van der Waals surface area contributed by atoms with Crippen LogP contribution in [0.4, 0.5) is 0 Å². The number of ether oxygens (including phenoxy) is 1. The van der Waals surface area contributed by atoms with Gasteiger partial charge in [-0.1, -0.05) is 24.3 Å². The van der Waals surface area contributed by atoms with Crippen molar-refractivity contribution in [2.75, 3.05) is 0 Å². The quantitative estimate of drug-likeness (QED) is 0.748. The number of carboxylic acids is 1. The van der Waals surface area contributed by atoms with Crippen molar-refractivity contribution in [2.24, 2.45) is 0 Å². The maximum Gasteiger partial charge on any atom is 0.355 e. The van der Waals surface area contributed by atoms with E-state index in [2.05, 4.69) is 4.98 Å². The van der Waals surface area contributed by atoms with E-state index in [9.17, 15) is 4.79 Å². The normalized spacial score (nSPS) is 11.6. The molecule has 0 unspecified atom stereocenters. The zero-order valence-corrected chi connectivity index (χ0v) is 14.0. The highest BCUT2D eigenvalue weighted by atomic mass is 32.1. The number of aromatic nitrogens is 1. The summed E-state index contributed by atoms with van der Waals surface area (Å²) in [6.07, 6.45) is 0. The highest BCUT2D eigenvalue weighted by molar-refractivity contribution is 7.13. The fraction of sp³-hybridized carbons (Fsp3) is 0.222. The van der Waals surface area contributed by atoms with Crippen molar-refractivity contribution in [1.29, 1.82) is 0 Å². The molecule has 3 rings (SSSR count). The molecule has 1 N–H and O–H groups in total. The summed E-state index contributed by atoms with van der Waals surface area (Å²) >= 11 is 1.33. The Morgan fingerprint density at radius 3 is 2.43 bits per heavy atom. The van der Waals surface area contributed by atoms with Gasteiger partial charge in [0, 0.05) is 16.3 Å². The predicted octanol–water partition coefficient (Wildman–Crippen LogP) is 4.84. The third-order valence-electron chi connectivity index (χ3n) is 3.25. The van der Waals surface area contributed by atoms with Gasteiger partial charge in [0.2, 0.25) is 0 Å². The van der Waals surface area contributed by atoms with Crippen molar-refractivity contribution < 1.29 is 14.6 Å². The molecule has 0 radical (unpaired) electrons. The van der Waals surface area contributed by atoms with Crippen LogP contribution in [0.1, 0.15) is 31.3 Å². The molecule has 0 saturated carbocycles. The van der Waals surface area contributed by atoms with Crippen molar-refractivity contribution in [1.82, 2.24) is 4.98 Å². The number of nitrogens with zero attached hydrogens (tertiary/aromatic N) is 1. The first kappa shape index (κ1) is 15.5. The SMILES string of the molecule is CC(C)(C)Oc1ccc(-c2nc(C(=O)O)cs2)c2ccccc12. The number of thiazole rings is 1. The zero-order chi connectivity index (χ0) is 16.6. The number of fused-ring (bicyclic) bond motifs is 1. The van der Waals surface area contributed by atoms with E-state index in [-0.39, 0.29) is 11.3 Å². The Balaban J connectivity index is 2.16. The fourth-order valence-electron chi connectivity index (χ4n) is 2.37. The molecule has 0 saturated heterocycles. The molecule has 23 heavy (non-hydrogen) atoms. The van der Waals surface area contributed by atoms with E-state index in [4.69, 9.17) is 9.84 Å². The molecule has 1 heterocycles. The molecular weight excluding hydrogens is 310 g/mol. The summed E-state index contributed by atoms with van der Waals surface area (Å²) in [5.41, 5.74) is 0.700. The summed E-state index contributed by atoms with van der Waals surface area (Å²) in [5, 5.41) is 13.3. The number of carboxylic acid groups (broad SMARTS) is 1. The molecular formula is C18H17NO3S. The number of hydrogen-bond acceptors (Lipinski definition) is 4.